The third-order valence-corrected chi connectivity index (χ3v) is 2.32. The molecule has 0 saturated carbocycles. The third-order valence-electron chi connectivity index (χ3n) is 1.82. The molecule has 5 heteroatoms. The van der Waals surface area contributed by atoms with Crippen molar-refractivity contribution in [2.75, 3.05) is 11.9 Å². The van der Waals surface area contributed by atoms with Crippen LogP contribution in [0.1, 0.15) is 6.92 Å². The van der Waals surface area contributed by atoms with E-state index in [1.807, 2.05) is 24.3 Å². The van der Waals surface area contributed by atoms with Gasteiger partial charge in [-0.3, -0.25) is 0 Å². The number of nitrogens with one attached hydrogen (secondary N) is 1. The van der Waals surface area contributed by atoms with E-state index in [-0.39, 0.29) is 12.2 Å². The van der Waals surface area contributed by atoms with Crippen LogP contribution in [0.5, 0.6) is 0 Å². The zero-order valence-electron chi connectivity index (χ0n) is 9.24. The number of carbonyl (C=O) groups is 1. The number of nitriles is 1. The van der Waals surface area contributed by atoms with Crippen molar-refractivity contribution in [2.24, 2.45) is 0 Å². The number of hydrogen-bond donors (Lipinski definition) is 1. The molecule has 0 spiro atoms. The average molecular weight is 295 g/mol. The van der Waals surface area contributed by atoms with Gasteiger partial charge in [0.15, 0.2) is 5.57 Å². The molecule has 17 heavy (non-hydrogen) atoms. The second kappa shape index (κ2) is 6.71. The van der Waals surface area contributed by atoms with Gasteiger partial charge in [-0.05, 0) is 25.1 Å². The number of benzene rings is 1. The van der Waals surface area contributed by atoms with Gasteiger partial charge in [-0.1, -0.05) is 22.0 Å². The first-order chi connectivity index (χ1) is 8.17. The topological polar surface area (TPSA) is 62.1 Å². The lowest BCUT2D eigenvalue weighted by molar-refractivity contribution is -0.138. The SMILES string of the molecule is CCOC(=O)/C(C#N)=C/Nc1cccc(Br)c1. The molecule has 0 aliphatic heterocycles. The Morgan fingerprint density at radius 1 is 1.65 bits per heavy atom. The van der Waals surface area contributed by atoms with Crippen LogP contribution in [0.4, 0.5) is 5.69 Å². The van der Waals surface area contributed by atoms with Crippen LogP contribution in [0.25, 0.3) is 0 Å². The van der Waals surface area contributed by atoms with Crippen molar-refractivity contribution in [1.29, 1.82) is 5.26 Å². The molecule has 0 saturated heterocycles. The Hall–Kier alpha value is -1.80. The maximum Gasteiger partial charge on any atom is 0.350 e. The van der Waals surface area contributed by atoms with Crippen molar-refractivity contribution >= 4 is 27.6 Å². The molecule has 1 aromatic rings. The van der Waals surface area contributed by atoms with E-state index in [0.717, 1.165) is 10.2 Å². The summed E-state index contributed by atoms with van der Waals surface area (Å²) in [7, 11) is 0. The summed E-state index contributed by atoms with van der Waals surface area (Å²) in [6, 6.07) is 9.16. The molecule has 0 unspecified atom stereocenters. The standard InChI is InChI=1S/C12H11BrN2O2/c1-2-17-12(16)9(7-14)8-15-11-5-3-4-10(13)6-11/h3-6,8,15H,2H2,1H3/b9-8+. The maximum atomic E-state index is 11.3. The van der Waals surface area contributed by atoms with Crippen LogP contribution in [-0.2, 0) is 9.53 Å². The molecule has 0 aliphatic rings. The minimum atomic E-state index is -0.627. The number of hydrogen-bond acceptors (Lipinski definition) is 4. The average Bonchev–Trinajstić information content (AvgIpc) is 2.30. The second-order valence-electron chi connectivity index (χ2n) is 3.04. The Balaban J connectivity index is 2.75. The van der Waals surface area contributed by atoms with Crippen LogP contribution in [-0.4, -0.2) is 12.6 Å². The third kappa shape index (κ3) is 4.29. The Kier molecular flexibility index (Phi) is 5.24. The fourth-order valence-corrected chi connectivity index (χ4v) is 1.48. The van der Waals surface area contributed by atoms with Crippen molar-refractivity contribution in [3.05, 3.63) is 40.5 Å². The molecule has 0 atom stereocenters. The first-order valence-electron chi connectivity index (χ1n) is 4.97. The highest BCUT2D eigenvalue weighted by molar-refractivity contribution is 9.10. The Labute approximate surface area is 108 Å². The smallest absolute Gasteiger partial charge is 0.350 e. The quantitative estimate of drug-likeness (QED) is 0.527. The van der Waals surface area contributed by atoms with E-state index in [1.165, 1.54) is 6.20 Å². The minimum absolute atomic E-state index is 0.0631. The molecule has 1 aromatic carbocycles. The van der Waals surface area contributed by atoms with Gasteiger partial charge in [-0.15, -0.1) is 0 Å². The summed E-state index contributed by atoms with van der Waals surface area (Å²) in [5.74, 6) is -0.627. The van der Waals surface area contributed by atoms with Crippen molar-refractivity contribution in [3.63, 3.8) is 0 Å². The number of ether oxygens (including phenoxy) is 1. The van der Waals surface area contributed by atoms with Gasteiger partial charge in [-0.2, -0.15) is 5.26 Å². The Morgan fingerprint density at radius 2 is 2.41 bits per heavy atom. The van der Waals surface area contributed by atoms with Crippen molar-refractivity contribution in [1.82, 2.24) is 0 Å². The van der Waals surface area contributed by atoms with Crippen molar-refractivity contribution in [2.45, 2.75) is 6.92 Å². The molecule has 0 bridgehead atoms. The molecule has 1 N–H and O–H groups in total. The molecular formula is C12H11BrN2O2. The highest BCUT2D eigenvalue weighted by Gasteiger charge is 2.08. The van der Waals surface area contributed by atoms with Gasteiger partial charge in [0.25, 0.3) is 0 Å². The summed E-state index contributed by atoms with van der Waals surface area (Å²) in [4.78, 5) is 11.3. The number of halogens is 1. The van der Waals surface area contributed by atoms with E-state index in [1.54, 1.807) is 13.0 Å². The number of rotatable bonds is 4. The number of carbonyl (C=O) groups excluding carboxylic acids is 1. The molecule has 0 heterocycles. The van der Waals surface area contributed by atoms with Crippen LogP contribution >= 0.6 is 15.9 Å². The van der Waals surface area contributed by atoms with Gasteiger partial charge in [-0.25, -0.2) is 4.79 Å². The van der Waals surface area contributed by atoms with Crippen LogP contribution in [0.15, 0.2) is 40.5 Å². The minimum Gasteiger partial charge on any atom is -0.462 e. The Bertz CT molecular complexity index is 478. The van der Waals surface area contributed by atoms with E-state index in [4.69, 9.17) is 10.00 Å². The zero-order chi connectivity index (χ0) is 12.7. The van der Waals surface area contributed by atoms with Crippen LogP contribution in [0.2, 0.25) is 0 Å². The summed E-state index contributed by atoms with van der Waals surface area (Å²) in [5, 5.41) is 11.6. The second-order valence-corrected chi connectivity index (χ2v) is 3.96. The highest BCUT2D eigenvalue weighted by atomic mass is 79.9. The van der Waals surface area contributed by atoms with Gasteiger partial charge < -0.3 is 10.1 Å². The summed E-state index contributed by atoms with van der Waals surface area (Å²) < 4.78 is 5.64. The molecular weight excluding hydrogens is 284 g/mol. The fourth-order valence-electron chi connectivity index (χ4n) is 1.08. The molecule has 0 amide bonds. The first kappa shape index (κ1) is 13.3. The van der Waals surface area contributed by atoms with Gasteiger partial charge in [0.1, 0.15) is 6.07 Å². The predicted molar refractivity (Wildman–Crippen MR) is 68.1 cm³/mol. The normalized spacial score (nSPS) is 10.5. The van der Waals surface area contributed by atoms with Crippen molar-refractivity contribution < 1.29 is 9.53 Å². The van der Waals surface area contributed by atoms with E-state index in [9.17, 15) is 4.79 Å². The number of anilines is 1. The first-order valence-corrected chi connectivity index (χ1v) is 5.76. The predicted octanol–water partition coefficient (Wildman–Crippen LogP) is 2.83. The molecule has 1 rings (SSSR count). The van der Waals surface area contributed by atoms with Crippen LogP contribution in [0.3, 0.4) is 0 Å². The lowest BCUT2D eigenvalue weighted by Crippen LogP contribution is -2.07. The van der Waals surface area contributed by atoms with Gasteiger partial charge in [0.05, 0.1) is 6.61 Å². The summed E-state index contributed by atoms with van der Waals surface area (Å²) >= 11 is 3.32. The molecule has 0 aliphatic carbocycles. The van der Waals surface area contributed by atoms with Crippen LogP contribution < -0.4 is 5.32 Å². The van der Waals surface area contributed by atoms with E-state index in [2.05, 4.69) is 21.2 Å². The maximum absolute atomic E-state index is 11.3. The van der Waals surface area contributed by atoms with E-state index < -0.39 is 5.97 Å². The van der Waals surface area contributed by atoms with Gasteiger partial charge in [0.2, 0.25) is 0 Å². The summed E-state index contributed by atoms with van der Waals surface area (Å²) in [6.07, 6.45) is 1.33. The monoisotopic (exact) mass is 294 g/mol. The largest absolute Gasteiger partial charge is 0.462 e. The molecule has 4 nitrogen and oxygen atoms in total. The number of esters is 1. The molecule has 0 aromatic heterocycles. The lowest BCUT2D eigenvalue weighted by atomic mass is 10.3. The van der Waals surface area contributed by atoms with Crippen LogP contribution in [0, 0.1) is 11.3 Å². The summed E-state index contributed by atoms with van der Waals surface area (Å²) in [5.41, 5.74) is 0.711. The van der Waals surface area contributed by atoms with Gasteiger partial charge in [0, 0.05) is 16.4 Å². The molecule has 0 radical (unpaired) electrons. The zero-order valence-corrected chi connectivity index (χ0v) is 10.8. The number of nitrogens with zero attached hydrogens (tertiary/aromatic N) is 1. The summed E-state index contributed by atoms with van der Waals surface area (Å²) in [6.45, 7) is 1.93. The van der Waals surface area contributed by atoms with Gasteiger partial charge >= 0.3 is 5.97 Å². The highest BCUT2D eigenvalue weighted by Crippen LogP contribution is 2.15. The van der Waals surface area contributed by atoms with E-state index >= 15 is 0 Å². The molecule has 88 valence electrons. The fraction of sp³-hybridized carbons (Fsp3) is 0.167. The van der Waals surface area contributed by atoms with Crippen molar-refractivity contribution in [3.8, 4) is 6.07 Å². The molecule has 0 fully saturated rings. The van der Waals surface area contributed by atoms with E-state index in [0.29, 0.717) is 0 Å². The Morgan fingerprint density at radius 3 is 3.00 bits per heavy atom. The lowest BCUT2D eigenvalue weighted by Gasteiger charge is -2.03.